The van der Waals surface area contributed by atoms with Gasteiger partial charge in [-0.05, 0) is 18.9 Å². The number of rotatable bonds is 5. The van der Waals surface area contributed by atoms with Crippen molar-refractivity contribution in [2.24, 2.45) is 0 Å². The standard InChI is InChI=1S/C13H19ClN2O2/c1-17-13-4-2-3-12(15-13)16-8-5-11(6-9-16)18-10-7-14/h2-4,11H,5-10H2,1H3. The van der Waals surface area contributed by atoms with Crippen LogP contribution in [-0.2, 0) is 4.74 Å². The molecule has 0 unspecified atom stereocenters. The molecule has 0 atom stereocenters. The highest BCUT2D eigenvalue weighted by atomic mass is 35.5. The molecule has 0 radical (unpaired) electrons. The molecule has 100 valence electrons. The minimum Gasteiger partial charge on any atom is -0.481 e. The Morgan fingerprint density at radius 1 is 1.39 bits per heavy atom. The minimum absolute atomic E-state index is 0.339. The molecule has 1 fully saturated rings. The van der Waals surface area contributed by atoms with Crippen molar-refractivity contribution in [1.29, 1.82) is 0 Å². The molecule has 0 amide bonds. The van der Waals surface area contributed by atoms with E-state index in [9.17, 15) is 0 Å². The van der Waals surface area contributed by atoms with Crippen molar-refractivity contribution >= 4 is 17.4 Å². The molecule has 1 aromatic rings. The van der Waals surface area contributed by atoms with E-state index < -0.39 is 0 Å². The van der Waals surface area contributed by atoms with Crippen LogP contribution in [0.15, 0.2) is 18.2 Å². The van der Waals surface area contributed by atoms with Crippen LogP contribution >= 0.6 is 11.6 Å². The van der Waals surface area contributed by atoms with Crippen LogP contribution in [-0.4, -0.2) is 43.8 Å². The lowest BCUT2D eigenvalue weighted by molar-refractivity contribution is 0.0471. The summed E-state index contributed by atoms with van der Waals surface area (Å²) in [4.78, 5) is 6.71. The number of hydrogen-bond acceptors (Lipinski definition) is 4. The number of halogens is 1. The Morgan fingerprint density at radius 2 is 2.17 bits per heavy atom. The number of hydrogen-bond donors (Lipinski definition) is 0. The summed E-state index contributed by atoms with van der Waals surface area (Å²) >= 11 is 5.62. The summed E-state index contributed by atoms with van der Waals surface area (Å²) in [5.41, 5.74) is 0. The summed E-state index contributed by atoms with van der Waals surface area (Å²) in [5, 5.41) is 0. The first-order valence-electron chi connectivity index (χ1n) is 6.27. The maximum Gasteiger partial charge on any atom is 0.214 e. The summed E-state index contributed by atoms with van der Waals surface area (Å²) in [6.07, 6.45) is 2.39. The number of methoxy groups -OCH3 is 1. The number of anilines is 1. The Morgan fingerprint density at radius 3 is 2.83 bits per heavy atom. The zero-order valence-electron chi connectivity index (χ0n) is 10.6. The van der Waals surface area contributed by atoms with Gasteiger partial charge < -0.3 is 14.4 Å². The van der Waals surface area contributed by atoms with E-state index in [1.54, 1.807) is 7.11 Å². The van der Waals surface area contributed by atoms with Gasteiger partial charge in [0, 0.05) is 25.0 Å². The number of aromatic nitrogens is 1. The lowest BCUT2D eigenvalue weighted by atomic mass is 10.1. The molecule has 0 aliphatic carbocycles. The topological polar surface area (TPSA) is 34.6 Å². The number of pyridine rings is 1. The molecule has 0 aromatic carbocycles. The summed E-state index contributed by atoms with van der Waals surface area (Å²) in [5.74, 6) is 2.20. The second-order valence-corrected chi connectivity index (χ2v) is 4.66. The van der Waals surface area contributed by atoms with E-state index in [0.29, 0.717) is 24.5 Å². The molecule has 5 heteroatoms. The molecule has 4 nitrogen and oxygen atoms in total. The minimum atomic E-state index is 0.339. The molecule has 1 aromatic heterocycles. The SMILES string of the molecule is COc1cccc(N2CCC(OCCCl)CC2)n1. The summed E-state index contributed by atoms with van der Waals surface area (Å²) in [6, 6.07) is 5.85. The fourth-order valence-electron chi connectivity index (χ4n) is 2.16. The van der Waals surface area contributed by atoms with Crippen LogP contribution in [0.1, 0.15) is 12.8 Å². The van der Waals surface area contributed by atoms with Crippen LogP contribution in [0.3, 0.4) is 0 Å². The molecule has 0 spiro atoms. The molecule has 0 saturated carbocycles. The fourth-order valence-corrected chi connectivity index (χ4v) is 2.25. The van der Waals surface area contributed by atoms with Gasteiger partial charge in [0.25, 0.3) is 0 Å². The Labute approximate surface area is 113 Å². The lowest BCUT2D eigenvalue weighted by Crippen LogP contribution is -2.37. The highest BCUT2D eigenvalue weighted by Gasteiger charge is 2.20. The van der Waals surface area contributed by atoms with Gasteiger partial charge in [0.15, 0.2) is 0 Å². The molecule has 1 saturated heterocycles. The zero-order valence-corrected chi connectivity index (χ0v) is 11.4. The van der Waals surface area contributed by atoms with E-state index >= 15 is 0 Å². The third-order valence-corrected chi connectivity index (χ3v) is 3.27. The smallest absolute Gasteiger partial charge is 0.214 e. The second-order valence-electron chi connectivity index (χ2n) is 4.28. The van der Waals surface area contributed by atoms with Gasteiger partial charge in [0.2, 0.25) is 5.88 Å². The molecule has 2 heterocycles. The molecule has 2 rings (SSSR count). The average molecular weight is 271 g/mol. The van der Waals surface area contributed by atoms with E-state index in [0.717, 1.165) is 31.7 Å². The van der Waals surface area contributed by atoms with Crippen molar-refractivity contribution in [1.82, 2.24) is 4.98 Å². The third kappa shape index (κ3) is 3.50. The van der Waals surface area contributed by atoms with Gasteiger partial charge in [-0.15, -0.1) is 11.6 Å². The van der Waals surface area contributed by atoms with Crippen molar-refractivity contribution < 1.29 is 9.47 Å². The van der Waals surface area contributed by atoms with E-state index in [-0.39, 0.29) is 0 Å². The first kappa shape index (κ1) is 13.4. The van der Waals surface area contributed by atoms with E-state index in [1.807, 2.05) is 18.2 Å². The van der Waals surface area contributed by atoms with Crippen molar-refractivity contribution in [2.45, 2.75) is 18.9 Å². The third-order valence-electron chi connectivity index (χ3n) is 3.11. The number of ether oxygens (including phenoxy) is 2. The summed E-state index contributed by atoms with van der Waals surface area (Å²) < 4.78 is 10.8. The van der Waals surface area contributed by atoms with Gasteiger partial charge >= 0.3 is 0 Å². The zero-order chi connectivity index (χ0) is 12.8. The van der Waals surface area contributed by atoms with Crippen molar-refractivity contribution in [2.75, 3.05) is 37.6 Å². The van der Waals surface area contributed by atoms with Gasteiger partial charge in [-0.3, -0.25) is 0 Å². The second kappa shape index (κ2) is 6.81. The van der Waals surface area contributed by atoms with Crippen molar-refractivity contribution in [3.05, 3.63) is 18.2 Å². The lowest BCUT2D eigenvalue weighted by Gasteiger charge is -2.32. The van der Waals surface area contributed by atoms with E-state index in [4.69, 9.17) is 21.1 Å². The van der Waals surface area contributed by atoms with Crippen molar-refractivity contribution in [3.8, 4) is 5.88 Å². The normalized spacial score (nSPS) is 16.9. The number of alkyl halides is 1. The van der Waals surface area contributed by atoms with Gasteiger partial charge in [-0.2, -0.15) is 4.98 Å². The maximum atomic E-state index is 5.66. The number of piperidine rings is 1. The van der Waals surface area contributed by atoms with E-state index in [2.05, 4.69) is 9.88 Å². The van der Waals surface area contributed by atoms with Gasteiger partial charge in [0.1, 0.15) is 5.82 Å². The Kier molecular flexibility index (Phi) is 5.08. The molecular weight excluding hydrogens is 252 g/mol. The Balaban J connectivity index is 1.88. The quantitative estimate of drug-likeness (QED) is 0.769. The van der Waals surface area contributed by atoms with Crippen LogP contribution < -0.4 is 9.64 Å². The van der Waals surface area contributed by atoms with Gasteiger partial charge in [-0.1, -0.05) is 6.07 Å². The van der Waals surface area contributed by atoms with Crippen LogP contribution in [0, 0.1) is 0 Å². The highest BCUT2D eigenvalue weighted by Crippen LogP contribution is 2.21. The monoisotopic (exact) mass is 270 g/mol. The van der Waals surface area contributed by atoms with Crippen LogP contribution in [0.5, 0.6) is 5.88 Å². The van der Waals surface area contributed by atoms with Gasteiger partial charge in [-0.25, -0.2) is 0 Å². The summed E-state index contributed by atoms with van der Waals surface area (Å²) in [6.45, 7) is 2.57. The molecule has 1 aliphatic rings. The van der Waals surface area contributed by atoms with Crippen LogP contribution in [0.25, 0.3) is 0 Å². The fraction of sp³-hybridized carbons (Fsp3) is 0.615. The van der Waals surface area contributed by atoms with Gasteiger partial charge in [0.05, 0.1) is 19.8 Å². The van der Waals surface area contributed by atoms with Crippen LogP contribution in [0.4, 0.5) is 5.82 Å². The van der Waals surface area contributed by atoms with E-state index in [1.165, 1.54) is 0 Å². The molecule has 0 bridgehead atoms. The largest absolute Gasteiger partial charge is 0.481 e. The Hall–Kier alpha value is -1.00. The first-order valence-corrected chi connectivity index (χ1v) is 6.80. The molecule has 0 N–H and O–H groups in total. The van der Waals surface area contributed by atoms with Crippen LogP contribution in [0.2, 0.25) is 0 Å². The van der Waals surface area contributed by atoms with Crippen molar-refractivity contribution in [3.63, 3.8) is 0 Å². The summed E-state index contributed by atoms with van der Waals surface area (Å²) in [7, 11) is 1.64. The first-order chi connectivity index (χ1) is 8.83. The molecular formula is C13H19ClN2O2. The predicted molar refractivity (Wildman–Crippen MR) is 72.7 cm³/mol. The molecule has 18 heavy (non-hydrogen) atoms. The number of nitrogens with zero attached hydrogens (tertiary/aromatic N) is 2. The Bertz CT molecular complexity index is 368. The average Bonchev–Trinajstić information content (AvgIpc) is 2.46. The highest BCUT2D eigenvalue weighted by molar-refractivity contribution is 6.17. The molecule has 1 aliphatic heterocycles. The maximum absolute atomic E-state index is 5.66. The predicted octanol–water partition coefficient (Wildman–Crippen LogP) is 2.31.